The van der Waals surface area contributed by atoms with Gasteiger partial charge in [0.25, 0.3) is 0 Å². The Kier molecular flexibility index (Phi) is 6.24. The normalized spacial score (nSPS) is 16.8. The van der Waals surface area contributed by atoms with Gasteiger partial charge < -0.3 is 11.1 Å². The maximum Gasteiger partial charge on any atom is 0.220 e. The van der Waals surface area contributed by atoms with Gasteiger partial charge in [-0.2, -0.15) is 0 Å². The summed E-state index contributed by atoms with van der Waals surface area (Å²) in [6.07, 6.45) is 8.54. The van der Waals surface area contributed by atoms with Crippen LogP contribution in [0.2, 0.25) is 0 Å². The zero-order chi connectivity index (χ0) is 15.0. The standard InChI is InChI=1S/C18H28N2O/c19-14-8-2-5-11-17(21)20-15-18(12-6-7-13-18)16-9-3-1-4-10-16/h1,3-4,9-10H,2,5-8,11-15,19H2,(H,20,21). The minimum atomic E-state index is 0.161. The molecule has 0 spiro atoms. The molecule has 1 amide bonds. The number of benzene rings is 1. The van der Waals surface area contributed by atoms with Crippen molar-refractivity contribution < 1.29 is 4.79 Å². The fourth-order valence-corrected chi connectivity index (χ4v) is 3.37. The van der Waals surface area contributed by atoms with Crippen LogP contribution >= 0.6 is 0 Å². The first-order valence-electron chi connectivity index (χ1n) is 8.29. The number of nitrogens with one attached hydrogen (secondary N) is 1. The van der Waals surface area contributed by atoms with Gasteiger partial charge >= 0.3 is 0 Å². The Bertz CT molecular complexity index is 424. The van der Waals surface area contributed by atoms with Gasteiger partial charge in [0.1, 0.15) is 0 Å². The lowest BCUT2D eigenvalue weighted by Gasteiger charge is -2.30. The van der Waals surface area contributed by atoms with E-state index in [0.717, 1.165) is 32.4 Å². The quantitative estimate of drug-likeness (QED) is 0.722. The van der Waals surface area contributed by atoms with E-state index in [2.05, 4.69) is 35.6 Å². The van der Waals surface area contributed by atoms with Crippen LogP contribution in [0.1, 0.15) is 56.9 Å². The Balaban J connectivity index is 1.85. The number of rotatable bonds is 8. The molecule has 2 rings (SSSR count). The van der Waals surface area contributed by atoms with E-state index in [4.69, 9.17) is 5.73 Å². The third-order valence-electron chi connectivity index (χ3n) is 4.68. The van der Waals surface area contributed by atoms with Crippen LogP contribution in [0.4, 0.5) is 0 Å². The second-order valence-corrected chi connectivity index (χ2v) is 6.23. The summed E-state index contributed by atoms with van der Waals surface area (Å²) in [5.74, 6) is 0.189. The average molecular weight is 288 g/mol. The van der Waals surface area contributed by atoms with Gasteiger partial charge in [0.05, 0.1) is 0 Å². The summed E-state index contributed by atoms with van der Waals surface area (Å²) in [4.78, 5) is 12.0. The molecule has 1 saturated carbocycles. The van der Waals surface area contributed by atoms with Crippen molar-refractivity contribution in [2.45, 2.75) is 56.8 Å². The van der Waals surface area contributed by atoms with E-state index in [1.807, 2.05) is 0 Å². The van der Waals surface area contributed by atoms with E-state index >= 15 is 0 Å². The molecular formula is C18H28N2O. The first-order chi connectivity index (χ1) is 10.3. The van der Waals surface area contributed by atoms with Crippen molar-refractivity contribution in [3.63, 3.8) is 0 Å². The summed E-state index contributed by atoms with van der Waals surface area (Å²) >= 11 is 0. The van der Waals surface area contributed by atoms with Crippen LogP contribution in [-0.2, 0) is 10.2 Å². The van der Waals surface area contributed by atoms with E-state index in [1.54, 1.807) is 0 Å². The van der Waals surface area contributed by atoms with E-state index in [-0.39, 0.29) is 11.3 Å². The highest BCUT2D eigenvalue weighted by atomic mass is 16.1. The van der Waals surface area contributed by atoms with E-state index < -0.39 is 0 Å². The lowest BCUT2D eigenvalue weighted by molar-refractivity contribution is -0.121. The van der Waals surface area contributed by atoms with Gasteiger partial charge in [0, 0.05) is 18.4 Å². The van der Waals surface area contributed by atoms with Crippen LogP contribution in [0.3, 0.4) is 0 Å². The highest BCUT2D eigenvalue weighted by Crippen LogP contribution is 2.40. The van der Waals surface area contributed by atoms with Crippen LogP contribution in [0, 0.1) is 0 Å². The minimum Gasteiger partial charge on any atom is -0.355 e. The van der Waals surface area contributed by atoms with Crippen molar-refractivity contribution in [2.24, 2.45) is 5.73 Å². The van der Waals surface area contributed by atoms with E-state index in [0.29, 0.717) is 6.42 Å². The Labute approximate surface area is 128 Å². The number of nitrogens with two attached hydrogens (primary N) is 1. The van der Waals surface area contributed by atoms with Crippen LogP contribution in [0.5, 0.6) is 0 Å². The van der Waals surface area contributed by atoms with Crippen molar-refractivity contribution in [1.29, 1.82) is 0 Å². The Hall–Kier alpha value is -1.35. The molecule has 1 aromatic carbocycles. The molecule has 1 aromatic rings. The Morgan fingerprint density at radius 3 is 2.48 bits per heavy atom. The lowest BCUT2D eigenvalue weighted by Crippen LogP contribution is -2.38. The van der Waals surface area contributed by atoms with Crippen molar-refractivity contribution in [3.05, 3.63) is 35.9 Å². The van der Waals surface area contributed by atoms with Crippen LogP contribution in [-0.4, -0.2) is 19.0 Å². The molecule has 116 valence electrons. The topological polar surface area (TPSA) is 55.1 Å². The predicted molar refractivity (Wildman–Crippen MR) is 87.1 cm³/mol. The van der Waals surface area contributed by atoms with Crippen LogP contribution in [0.25, 0.3) is 0 Å². The largest absolute Gasteiger partial charge is 0.355 e. The smallest absolute Gasteiger partial charge is 0.220 e. The molecule has 3 nitrogen and oxygen atoms in total. The molecule has 3 N–H and O–H groups in total. The highest BCUT2D eigenvalue weighted by molar-refractivity contribution is 5.76. The SMILES string of the molecule is NCCCCCC(=O)NCC1(c2ccccc2)CCCC1. The number of amides is 1. The van der Waals surface area contributed by atoms with Gasteiger partial charge in [-0.25, -0.2) is 0 Å². The lowest BCUT2D eigenvalue weighted by atomic mass is 9.79. The van der Waals surface area contributed by atoms with E-state index in [9.17, 15) is 4.79 Å². The first kappa shape index (κ1) is 16.0. The maximum atomic E-state index is 12.0. The third-order valence-corrected chi connectivity index (χ3v) is 4.68. The summed E-state index contributed by atoms with van der Waals surface area (Å²) in [6, 6.07) is 10.7. The zero-order valence-electron chi connectivity index (χ0n) is 12.9. The molecule has 0 aromatic heterocycles. The minimum absolute atomic E-state index is 0.161. The highest BCUT2D eigenvalue weighted by Gasteiger charge is 2.35. The summed E-state index contributed by atoms with van der Waals surface area (Å²) in [7, 11) is 0. The van der Waals surface area contributed by atoms with Gasteiger partial charge in [-0.05, 0) is 37.8 Å². The predicted octanol–water partition coefficient (Wildman–Crippen LogP) is 3.13. The number of hydrogen-bond acceptors (Lipinski definition) is 2. The third kappa shape index (κ3) is 4.57. The fraction of sp³-hybridized carbons (Fsp3) is 0.611. The molecule has 1 aliphatic rings. The summed E-state index contributed by atoms with van der Waals surface area (Å²) in [5, 5.41) is 3.17. The molecular weight excluding hydrogens is 260 g/mol. The molecule has 1 fully saturated rings. The van der Waals surface area contributed by atoms with Gasteiger partial charge in [0.2, 0.25) is 5.91 Å². The zero-order valence-corrected chi connectivity index (χ0v) is 12.9. The molecule has 0 bridgehead atoms. The number of carbonyl (C=O) groups excluding carboxylic acids is 1. The van der Waals surface area contributed by atoms with E-state index in [1.165, 1.54) is 31.2 Å². The van der Waals surface area contributed by atoms with Crippen molar-refractivity contribution >= 4 is 5.91 Å². The first-order valence-corrected chi connectivity index (χ1v) is 8.29. The molecule has 0 saturated heterocycles. The Morgan fingerprint density at radius 1 is 1.10 bits per heavy atom. The molecule has 0 unspecified atom stereocenters. The van der Waals surface area contributed by atoms with Crippen molar-refractivity contribution in [3.8, 4) is 0 Å². The molecule has 1 aliphatic carbocycles. The summed E-state index contributed by atoms with van der Waals surface area (Å²) in [6.45, 7) is 1.51. The maximum absolute atomic E-state index is 12.0. The molecule has 21 heavy (non-hydrogen) atoms. The van der Waals surface area contributed by atoms with Crippen LogP contribution in [0.15, 0.2) is 30.3 Å². The van der Waals surface area contributed by atoms with Gasteiger partial charge in [-0.1, -0.05) is 49.6 Å². The second kappa shape index (κ2) is 8.18. The van der Waals surface area contributed by atoms with Gasteiger partial charge in [-0.15, -0.1) is 0 Å². The number of hydrogen-bond donors (Lipinski definition) is 2. The molecule has 0 radical (unpaired) electrons. The summed E-state index contributed by atoms with van der Waals surface area (Å²) < 4.78 is 0. The van der Waals surface area contributed by atoms with Gasteiger partial charge in [0.15, 0.2) is 0 Å². The molecule has 0 aliphatic heterocycles. The van der Waals surface area contributed by atoms with Gasteiger partial charge in [-0.3, -0.25) is 4.79 Å². The van der Waals surface area contributed by atoms with Crippen molar-refractivity contribution in [2.75, 3.05) is 13.1 Å². The molecule has 3 heteroatoms. The average Bonchev–Trinajstić information content (AvgIpc) is 3.01. The number of unbranched alkanes of at least 4 members (excludes halogenated alkanes) is 2. The second-order valence-electron chi connectivity index (χ2n) is 6.23. The molecule has 0 heterocycles. The summed E-state index contributed by atoms with van der Waals surface area (Å²) in [5.41, 5.74) is 7.01. The molecule has 0 atom stereocenters. The van der Waals surface area contributed by atoms with Crippen LogP contribution < -0.4 is 11.1 Å². The van der Waals surface area contributed by atoms with Crippen molar-refractivity contribution in [1.82, 2.24) is 5.32 Å². The fourth-order valence-electron chi connectivity index (χ4n) is 3.37. The monoisotopic (exact) mass is 288 g/mol. The number of carbonyl (C=O) groups is 1. The Morgan fingerprint density at radius 2 is 1.81 bits per heavy atom.